The van der Waals surface area contributed by atoms with Crippen molar-refractivity contribution in [1.29, 1.82) is 0 Å². The second kappa shape index (κ2) is 16.1. The van der Waals surface area contributed by atoms with Crippen LogP contribution in [-0.4, -0.2) is 0 Å². The van der Waals surface area contributed by atoms with Crippen molar-refractivity contribution in [1.82, 2.24) is 0 Å². The van der Waals surface area contributed by atoms with Crippen molar-refractivity contribution in [3.63, 3.8) is 0 Å². The molecule has 0 heteroatoms. The number of hydrogen-bond acceptors (Lipinski definition) is 0. The molecule has 2 aliphatic rings. The smallest absolute Gasteiger partial charge is 0.0205 e. The van der Waals surface area contributed by atoms with Gasteiger partial charge in [0.15, 0.2) is 0 Å². The van der Waals surface area contributed by atoms with Crippen LogP contribution in [0.15, 0.2) is 12.2 Å². The zero-order chi connectivity index (χ0) is 22.2. The maximum Gasteiger partial charge on any atom is -0.0205 e. The van der Waals surface area contributed by atoms with E-state index in [0.29, 0.717) is 10.8 Å². The van der Waals surface area contributed by atoms with Gasteiger partial charge < -0.3 is 0 Å². The maximum absolute atomic E-state index is 4.00. The summed E-state index contributed by atoms with van der Waals surface area (Å²) in [6.45, 7) is 20.2. The summed E-state index contributed by atoms with van der Waals surface area (Å²) in [5, 5.41) is 0. The molecule has 0 spiro atoms. The van der Waals surface area contributed by atoms with Gasteiger partial charge in [0.2, 0.25) is 0 Å². The van der Waals surface area contributed by atoms with Gasteiger partial charge in [0.1, 0.15) is 0 Å². The van der Waals surface area contributed by atoms with Gasteiger partial charge in [0, 0.05) is 0 Å². The van der Waals surface area contributed by atoms with Crippen LogP contribution in [0.4, 0.5) is 0 Å². The molecule has 0 bridgehead atoms. The van der Waals surface area contributed by atoms with E-state index in [9.17, 15) is 0 Å². The molecule has 0 nitrogen and oxygen atoms in total. The quantitative estimate of drug-likeness (QED) is 0.312. The Hall–Kier alpha value is -0.700. The first-order valence-electron chi connectivity index (χ1n) is 12.4. The van der Waals surface area contributed by atoms with Gasteiger partial charge in [0.05, 0.1) is 0 Å². The highest BCUT2D eigenvalue weighted by Gasteiger charge is 2.38. The predicted molar refractivity (Wildman–Crippen MR) is 132 cm³/mol. The van der Waals surface area contributed by atoms with E-state index in [0.717, 1.165) is 17.8 Å². The van der Waals surface area contributed by atoms with E-state index in [-0.39, 0.29) is 0 Å². The highest BCUT2D eigenvalue weighted by atomic mass is 14.4. The second-order valence-corrected chi connectivity index (χ2v) is 9.68. The van der Waals surface area contributed by atoms with Crippen molar-refractivity contribution in [3.8, 4) is 12.8 Å². The van der Waals surface area contributed by atoms with Crippen LogP contribution in [0, 0.1) is 41.4 Å². The third kappa shape index (κ3) is 11.3. The van der Waals surface area contributed by atoms with Gasteiger partial charge in [-0.3, -0.25) is 0 Å². The van der Waals surface area contributed by atoms with Crippen LogP contribution in [0.3, 0.4) is 0 Å². The molecule has 2 aliphatic carbocycles. The Labute approximate surface area is 180 Å². The number of hydrogen-bond donors (Lipinski definition) is 0. The van der Waals surface area contributed by atoms with E-state index < -0.39 is 0 Å². The van der Waals surface area contributed by atoms with Crippen LogP contribution in [0.25, 0.3) is 0 Å². The van der Waals surface area contributed by atoms with E-state index in [1.54, 1.807) is 0 Å². The van der Waals surface area contributed by atoms with Gasteiger partial charge in [0.25, 0.3) is 0 Å². The fraction of sp³-hybridized carbons (Fsp3) is 0.857. The molecule has 0 aromatic carbocycles. The summed E-state index contributed by atoms with van der Waals surface area (Å²) in [6, 6.07) is 0. The number of terminal acetylenes is 1. The Morgan fingerprint density at radius 1 is 0.929 bits per heavy atom. The zero-order valence-electron chi connectivity index (χ0n) is 21.1. The van der Waals surface area contributed by atoms with E-state index in [2.05, 4.69) is 59.6 Å². The standard InChI is InChI=1S/C22H40.2C2H6.C2H2/c1-6-8-18(2)11-12-19-9-7-10-20(19)17-22(5)15-13-21(3,4)14-16-22;3*1-2/h11-12,18-20H,6-10,13-17H2,1-5H3;2*1-2H3;1-2H/b12-11+;;;/t18?,19?,20-;;;/m1.../s1. The summed E-state index contributed by atoms with van der Waals surface area (Å²) in [5.41, 5.74) is 1.23. The van der Waals surface area contributed by atoms with Gasteiger partial charge in [-0.1, -0.05) is 87.3 Å². The van der Waals surface area contributed by atoms with Crippen LogP contribution in [0.1, 0.15) is 127 Å². The molecule has 0 radical (unpaired) electrons. The monoisotopic (exact) mass is 390 g/mol. The lowest BCUT2D eigenvalue weighted by Crippen LogP contribution is -2.31. The van der Waals surface area contributed by atoms with E-state index in [1.165, 1.54) is 64.2 Å². The average molecular weight is 391 g/mol. The Bertz CT molecular complexity index is 388. The van der Waals surface area contributed by atoms with Gasteiger partial charge >= 0.3 is 0 Å². The van der Waals surface area contributed by atoms with Gasteiger partial charge in [-0.05, 0) is 80.0 Å². The fourth-order valence-electron chi connectivity index (χ4n) is 4.82. The minimum Gasteiger partial charge on any atom is -0.124 e. The zero-order valence-corrected chi connectivity index (χ0v) is 21.1. The highest BCUT2D eigenvalue weighted by Crippen LogP contribution is 2.50. The molecule has 2 fully saturated rings. The third-order valence-electron chi connectivity index (χ3n) is 6.71. The topological polar surface area (TPSA) is 0 Å². The third-order valence-corrected chi connectivity index (χ3v) is 6.71. The Balaban J connectivity index is 0. The fourth-order valence-corrected chi connectivity index (χ4v) is 4.82. The summed E-state index contributed by atoms with van der Waals surface area (Å²) < 4.78 is 0. The van der Waals surface area contributed by atoms with Crippen molar-refractivity contribution in [2.24, 2.45) is 28.6 Å². The molecule has 166 valence electrons. The lowest BCUT2D eigenvalue weighted by molar-refractivity contribution is 0.0876. The molecule has 0 saturated heterocycles. The Morgan fingerprint density at radius 2 is 1.46 bits per heavy atom. The normalized spacial score (nSPS) is 26.0. The summed E-state index contributed by atoms with van der Waals surface area (Å²) in [4.78, 5) is 0. The van der Waals surface area contributed by atoms with Crippen LogP contribution in [0.2, 0.25) is 0 Å². The molecule has 0 N–H and O–H groups in total. The average Bonchev–Trinajstić information content (AvgIpc) is 3.15. The molecule has 3 atom stereocenters. The van der Waals surface area contributed by atoms with Crippen molar-refractivity contribution < 1.29 is 0 Å². The van der Waals surface area contributed by atoms with Gasteiger partial charge in [-0.15, -0.1) is 12.8 Å². The summed E-state index contributed by atoms with van der Waals surface area (Å²) >= 11 is 0. The molecule has 0 aliphatic heterocycles. The number of rotatable bonds is 6. The Morgan fingerprint density at radius 3 is 1.96 bits per heavy atom. The molecule has 2 unspecified atom stereocenters. The largest absolute Gasteiger partial charge is 0.124 e. The lowest BCUT2D eigenvalue weighted by atomic mass is 9.62. The van der Waals surface area contributed by atoms with E-state index in [4.69, 9.17) is 0 Å². The molecule has 2 saturated carbocycles. The van der Waals surface area contributed by atoms with E-state index >= 15 is 0 Å². The molecule has 0 aromatic heterocycles. The minimum atomic E-state index is 0.601. The van der Waals surface area contributed by atoms with Gasteiger partial charge in [-0.25, -0.2) is 0 Å². The molecular formula is C28H54. The van der Waals surface area contributed by atoms with Crippen molar-refractivity contribution >= 4 is 0 Å². The Kier molecular flexibility index (Phi) is 17.0. The number of allylic oxidation sites excluding steroid dienone is 2. The lowest BCUT2D eigenvalue weighted by Gasteiger charge is -2.43. The first kappa shape index (κ1) is 29.5. The second-order valence-electron chi connectivity index (χ2n) is 9.68. The summed E-state index contributed by atoms with van der Waals surface area (Å²) in [6.07, 6.45) is 27.5. The molecule has 0 amide bonds. The summed E-state index contributed by atoms with van der Waals surface area (Å²) in [5.74, 6) is 2.62. The molecule has 0 heterocycles. The molecule has 2 rings (SSSR count). The first-order valence-corrected chi connectivity index (χ1v) is 12.4. The van der Waals surface area contributed by atoms with Crippen LogP contribution in [0.5, 0.6) is 0 Å². The highest BCUT2D eigenvalue weighted by molar-refractivity contribution is 4.99. The molecular weight excluding hydrogens is 336 g/mol. The maximum atomic E-state index is 4.00. The molecule has 28 heavy (non-hydrogen) atoms. The van der Waals surface area contributed by atoms with Crippen LogP contribution >= 0.6 is 0 Å². The van der Waals surface area contributed by atoms with Crippen molar-refractivity contribution in [2.45, 2.75) is 127 Å². The predicted octanol–water partition coefficient (Wildman–Crippen LogP) is 9.69. The van der Waals surface area contributed by atoms with E-state index in [1.807, 2.05) is 27.7 Å². The summed E-state index contributed by atoms with van der Waals surface area (Å²) in [7, 11) is 0. The van der Waals surface area contributed by atoms with Crippen LogP contribution in [-0.2, 0) is 0 Å². The molecule has 0 aromatic rings. The minimum absolute atomic E-state index is 0.601. The van der Waals surface area contributed by atoms with Crippen LogP contribution < -0.4 is 0 Å². The van der Waals surface area contributed by atoms with Gasteiger partial charge in [-0.2, -0.15) is 0 Å². The van der Waals surface area contributed by atoms with Crippen molar-refractivity contribution in [3.05, 3.63) is 12.2 Å². The SMILES string of the molecule is C#C.CC.CC.CCCC(C)/C=C/C1CCC[C@@H]1CC1(C)CCC(C)(C)CC1. The first-order chi connectivity index (χ1) is 13.3. The van der Waals surface area contributed by atoms with Crippen molar-refractivity contribution in [2.75, 3.05) is 0 Å².